The first-order valence-corrected chi connectivity index (χ1v) is 8.01. The van der Waals surface area contributed by atoms with E-state index in [-0.39, 0.29) is 17.8 Å². The molecule has 1 aliphatic heterocycles. The van der Waals surface area contributed by atoms with Gasteiger partial charge in [-0.05, 0) is 18.4 Å². The molecule has 0 amide bonds. The third kappa shape index (κ3) is 2.48. The van der Waals surface area contributed by atoms with E-state index < -0.39 is 0 Å². The lowest BCUT2D eigenvalue weighted by Gasteiger charge is -2.17. The van der Waals surface area contributed by atoms with Crippen molar-refractivity contribution < 1.29 is 9.53 Å². The molecule has 1 aliphatic rings. The lowest BCUT2D eigenvalue weighted by atomic mass is 9.99. The maximum atomic E-state index is 11.8. The van der Waals surface area contributed by atoms with Crippen LogP contribution in [0.15, 0.2) is 12.4 Å². The van der Waals surface area contributed by atoms with Crippen LogP contribution in [0.4, 0.5) is 5.82 Å². The molecule has 0 saturated carbocycles. The van der Waals surface area contributed by atoms with Crippen LogP contribution in [0.1, 0.15) is 18.7 Å². The van der Waals surface area contributed by atoms with Crippen molar-refractivity contribution in [2.75, 3.05) is 25.1 Å². The topological polar surface area (TPSA) is 55.3 Å². The number of fused-ring (bicyclic) bond motifs is 1. The van der Waals surface area contributed by atoms with E-state index in [1.807, 2.05) is 0 Å². The first-order valence-electron chi connectivity index (χ1n) is 7.20. The van der Waals surface area contributed by atoms with Crippen molar-refractivity contribution >= 4 is 33.3 Å². The Morgan fingerprint density at radius 3 is 3.00 bits per heavy atom. The normalized spacial score (nSPS) is 22.0. The molecule has 2 aromatic rings. The largest absolute Gasteiger partial charge is 0.469 e. The number of aryl methyl sites for hydroxylation is 1. The second-order valence-electron chi connectivity index (χ2n) is 5.49. The van der Waals surface area contributed by atoms with E-state index >= 15 is 0 Å². The highest BCUT2D eigenvalue weighted by Crippen LogP contribution is 2.34. The number of methoxy groups -OCH3 is 1. The highest BCUT2D eigenvalue weighted by molar-refractivity contribution is 7.18. The molecule has 2 unspecified atom stereocenters. The summed E-state index contributed by atoms with van der Waals surface area (Å²) in [6.45, 7) is 5.72. The van der Waals surface area contributed by atoms with Crippen molar-refractivity contribution in [3.63, 3.8) is 0 Å². The molecule has 5 nitrogen and oxygen atoms in total. The summed E-state index contributed by atoms with van der Waals surface area (Å²) in [5.41, 5.74) is 0. The van der Waals surface area contributed by atoms with Gasteiger partial charge < -0.3 is 9.64 Å². The molecular formula is C15H19N3O2S. The van der Waals surface area contributed by atoms with Crippen LogP contribution in [0, 0.1) is 11.8 Å². The van der Waals surface area contributed by atoms with Gasteiger partial charge in [0.2, 0.25) is 0 Å². The van der Waals surface area contributed by atoms with Gasteiger partial charge >= 0.3 is 5.97 Å². The summed E-state index contributed by atoms with van der Waals surface area (Å²) >= 11 is 1.71. The lowest BCUT2D eigenvalue weighted by molar-refractivity contribution is -0.145. The fourth-order valence-electron chi connectivity index (χ4n) is 2.92. The number of carbonyl (C=O) groups is 1. The number of esters is 1. The Labute approximate surface area is 128 Å². The van der Waals surface area contributed by atoms with Crippen molar-refractivity contribution in [3.05, 3.63) is 17.3 Å². The summed E-state index contributed by atoms with van der Waals surface area (Å²) in [5.74, 6) is 1.00. The van der Waals surface area contributed by atoms with Crippen LogP contribution < -0.4 is 4.90 Å². The molecule has 0 aromatic carbocycles. The van der Waals surface area contributed by atoms with E-state index in [9.17, 15) is 4.79 Å². The average molecular weight is 305 g/mol. The summed E-state index contributed by atoms with van der Waals surface area (Å²) in [4.78, 5) is 25.2. The third-order valence-electron chi connectivity index (χ3n) is 4.12. The Morgan fingerprint density at radius 1 is 1.48 bits per heavy atom. The zero-order valence-corrected chi connectivity index (χ0v) is 13.3. The number of hydrogen-bond acceptors (Lipinski definition) is 6. The number of ether oxygens (including phenoxy) is 1. The molecule has 0 aliphatic carbocycles. The van der Waals surface area contributed by atoms with Gasteiger partial charge in [0.15, 0.2) is 0 Å². The number of hydrogen-bond donors (Lipinski definition) is 0. The van der Waals surface area contributed by atoms with E-state index in [1.165, 1.54) is 12.0 Å². The highest BCUT2D eigenvalue weighted by Gasteiger charge is 2.36. The SMILES string of the molecule is CCc1cc2c(N3CC(C)C(C(=O)OC)C3)ncnc2s1. The Kier molecular flexibility index (Phi) is 3.80. The van der Waals surface area contributed by atoms with Crippen LogP contribution in [0.3, 0.4) is 0 Å². The van der Waals surface area contributed by atoms with Crippen LogP contribution in [-0.2, 0) is 16.0 Å². The highest BCUT2D eigenvalue weighted by atomic mass is 32.1. The predicted octanol–water partition coefficient (Wildman–Crippen LogP) is 2.50. The fraction of sp³-hybridized carbons (Fsp3) is 0.533. The lowest BCUT2D eigenvalue weighted by Crippen LogP contribution is -2.24. The second kappa shape index (κ2) is 5.60. The number of rotatable bonds is 3. The summed E-state index contributed by atoms with van der Waals surface area (Å²) in [7, 11) is 1.45. The maximum absolute atomic E-state index is 11.8. The molecule has 1 saturated heterocycles. The van der Waals surface area contributed by atoms with Crippen LogP contribution in [0.5, 0.6) is 0 Å². The minimum absolute atomic E-state index is 0.0794. The molecule has 1 fully saturated rings. The number of aromatic nitrogens is 2. The first-order chi connectivity index (χ1) is 10.1. The van der Waals surface area contributed by atoms with Gasteiger partial charge in [0, 0.05) is 18.0 Å². The molecule has 0 spiro atoms. The van der Waals surface area contributed by atoms with Crippen molar-refractivity contribution in [2.24, 2.45) is 11.8 Å². The Bertz CT molecular complexity index is 670. The Morgan fingerprint density at radius 2 is 2.29 bits per heavy atom. The molecule has 2 atom stereocenters. The van der Waals surface area contributed by atoms with Gasteiger partial charge in [0.25, 0.3) is 0 Å². The van der Waals surface area contributed by atoms with Crippen LogP contribution in [0.2, 0.25) is 0 Å². The van der Waals surface area contributed by atoms with Crippen molar-refractivity contribution in [2.45, 2.75) is 20.3 Å². The molecule has 0 N–H and O–H groups in total. The molecule has 6 heteroatoms. The maximum Gasteiger partial charge on any atom is 0.310 e. The predicted molar refractivity (Wildman–Crippen MR) is 83.7 cm³/mol. The minimum Gasteiger partial charge on any atom is -0.469 e. The van der Waals surface area contributed by atoms with Gasteiger partial charge in [-0.15, -0.1) is 11.3 Å². The molecule has 0 radical (unpaired) electrons. The minimum atomic E-state index is -0.130. The molecule has 3 heterocycles. The molecule has 3 rings (SSSR count). The number of thiophene rings is 1. The van der Waals surface area contributed by atoms with Gasteiger partial charge in [0.05, 0.1) is 18.4 Å². The quantitative estimate of drug-likeness (QED) is 0.816. The number of nitrogens with zero attached hydrogens (tertiary/aromatic N) is 3. The summed E-state index contributed by atoms with van der Waals surface area (Å²) in [5, 5.41) is 1.09. The van der Waals surface area contributed by atoms with Crippen molar-refractivity contribution in [1.82, 2.24) is 9.97 Å². The van der Waals surface area contributed by atoms with Crippen molar-refractivity contribution in [3.8, 4) is 0 Å². The third-order valence-corrected chi connectivity index (χ3v) is 5.31. The van der Waals surface area contributed by atoms with E-state index in [0.717, 1.165) is 29.0 Å². The summed E-state index contributed by atoms with van der Waals surface area (Å²) < 4.78 is 4.90. The second-order valence-corrected chi connectivity index (χ2v) is 6.61. The number of carbonyl (C=O) groups excluding carboxylic acids is 1. The molecule has 2 aromatic heterocycles. The summed E-state index contributed by atoms with van der Waals surface area (Å²) in [6.07, 6.45) is 2.62. The Balaban J connectivity index is 1.94. The van der Waals surface area contributed by atoms with E-state index in [2.05, 4.69) is 34.8 Å². The first kappa shape index (κ1) is 14.3. The van der Waals surface area contributed by atoms with Crippen LogP contribution in [-0.4, -0.2) is 36.1 Å². The van der Waals surface area contributed by atoms with Crippen LogP contribution >= 0.6 is 11.3 Å². The van der Waals surface area contributed by atoms with Gasteiger partial charge in [-0.2, -0.15) is 0 Å². The standard InChI is InChI=1S/C15H19N3O2S/c1-4-10-5-11-13(16-8-17-14(11)21-10)18-6-9(2)12(7-18)15(19)20-3/h5,8-9,12H,4,6-7H2,1-3H3. The van der Waals surface area contributed by atoms with Crippen LogP contribution in [0.25, 0.3) is 10.2 Å². The van der Waals surface area contributed by atoms with E-state index in [4.69, 9.17) is 4.74 Å². The smallest absolute Gasteiger partial charge is 0.310 e. The summed E-state index contributed by atoms with van der Waals surface area (Å²) in [6, 6.07) is 2.17. The van der Waals surface area contributed by atoms with Gasteiger partial charge in [0.1, 0.15) is 17.0 Å². The van der Waals surface area contributed by atoms with E-state index in [1.54, 1.807) is 17.7 Å². The average Bonchev–Trinajstić information content (AvgIpc) is 3.09. The molecule has 112 valence electrons. The van der Waals surface area contributed by atoms with Gasteiger partial charge in [-0.25, -0.2) is 9.97 Å². The monoisotopic (exact) mass is 305 g/mol. The number of anilines is 1. The Hall–Kier alpha value is -1.69. The zero-order chi connectivity index (χ0) is 15.0. The van der Waals surface area contributed by atoms with Crippen molar-refractivity contribution in [1.29, 1.82) is 0 Å². The molecular weight excluding hydrogens is 286 g/mol. The van der Waals surface area contributed by atoms with Gasteiger partial charge in [-0.1, -0.05) is 13.8 Å². The van der Waals surface area contributed by atoms with E-state index in [0.29, 0.717) is 6.54 Å². The molecule has 0 bridgehead atoms. The zero-order valence-electron chi connectivity index (χ0n) is 12.5. The fourth-order valence-corrected chi connectivity index (χ4v) is 3.85. The molecule has 21 heavy (non-hydrogen) atoms. The van der Waals surface area contributed by atoms with Gasteiger partial charge in [-0.3, -0.25) is 4.79 Å².